The first-order valence-corrected chi connectivity index (χ1v) is 11.3. The van der Waals surface area contributed by atoms with Crippen molar-refractivity contribution >= 4 is 23.8 Å². The first kappa shape index (κ1) is 22.5. The van der Waals surface area contributed by atoms with Crippen molar-refractivity contribution < 1.29 is 19.2 Å². The van der Waals surface area contributed by atoms with Crippen molar-refractivity contribution in [3.63, 3.8) is 0 Å². The molecule has 2 aliphatic rings. The van der Waals surface area contributed by atoms with Crippen LogP contribution in [-0.4, -0.2) is 65.3 Å². The van der Waals surface area contributed by atoms with Gasteiger partial charge < -0.3 is 15.1 Å². The fourth-order valence-electron chi connectivity index (χ4n) is 4.41. The summed E-state index contributed by atoms with van der Waals surface area (Å²) in [5.74, 6) is -0.662. The number of hydrogen-bond acceptors (Lipinski definition) is 4. The molecule has 0 aromatic heterocycles. The van der Waals surface area contributed by atoms with Crippen LogP contribution in [-0.2, 0) is 20.8 Å². The summed E-state index contributed by atoms with van der Waals surface area (Å²) in [5.41, 5.74) is 3.19. The lowest BCUT2D eigenvalue weighted by atomic mass is 9.97. The van der Waals surface area contributed by atoms with Gasteiger partial charge in [0, 0.05) is 32.5 Å². The van der Waals surface area contributed by atoms with Crippen LogP contribution in [0.15, 0.2) is 54.6 Å². The van der Waals surface area contributed by atoms with Crippen LogP contribution in [0.4, 0.5) is 4.79 Å². The van der Waals surface area contributed by atoms with Gasteiger partial charge in [0.15, 0.2) is 0 Å². The number of carbonyl (C=O) groups is 4. The van der Waals surface area contributed by atoms with Crippen LogP contribution in [0, 0.1) is 0 Å². The van der Waals surface area contributed by atoms with Crippen LogP contribution < -0.4 is 10.6 Å². The summed E-state index contributed by atoms with van der Waals surface area (Å²) in [7, 11) is 0. The Morgan fingerprint density at radius 1 is 0.970 bits per heavy atom. The van der Waals surface area contributed by atoms with Crippen molar-refractivity contribution in [2.75, 3.05) is 19.6 Å². The molecule has 2 heterocycles. The largest absolute Gasteiger partial charge is 0.339 e. The fourth-order valence-corrected chi connectivity index (χ4v) is 4.41. The van der Waals surface area contributed by atoms with E-state index in [1.54, 1.807) is 9.80 Å². The first-order valence-electron chi connectivity index (χ1n) is 11.3. The van der Waals surface area contributed by atoms with Crippen LogP contribution in [0.2, 0.25) is 0 Å². The zero-order valence-corrected chi connectivity index (χ0v) is 18.6. The van der Waals surface area contributed by atoms with E-state index >= 15 is 0 Å². The molecule has 0 aliphatic carbocycles. The van der Waals surface area contributed by atoms with Gasteiger partial charge in [0.2, 0.25) is 11.8 Å². The van der Waals surface area contributed by atoms with Gasteiger partial charge in [-0.1, -0.05) is 54.6 Å². The highest BCUT2D eigenvalue weighted by Gasteiger charge is 2.37. The molecule has 0 unspecified atom stereocenters. The third-order valence-electron chi connectivity index (χ3n) is 6.28. The number of carbonyl (C=O) groups excluding carboxylic acids is 4. The standard InChI is InChI=1S/C25H28N4O4/c1-2-28-14-15-29(22(30)13-12-20-23(31)27-25(33)26-20)21(24(28)32)16-17-8-10-19(11-9-17)18-6-4-3-5-7-18/h3-11,20-21H,2,12-16H2,1H3,(H2,26,27,31,33)/t20-,21-/m1/s1. The average molecular weight is 449 g/mol. The molecular formula is C25H28N4O4. The highest BCUT2D eigenvalue weighted by atomic mass is 16.2. The number of nitrogens with one attached hydrogen (secondary N) is 2. The number of piperazine rings is 1. The fraction of sp³-hybridized carbons (Fsp3) is 0.360. The monoisotopic (exact) mass is 448 g/mol. The maximum atomic E-state index is 13.1. The number of rotatable bonds is 7. The molecule has 2 fully saturated rings. The number of imide groups is 1. The summed E-state index contributed by atoms with van der Waals surface area (Å²) in [6, 6.07) is 16.3. The Morgan fingerprint density at radius 3 is 2.30 bits per heavy atom. The number of urea groups is 1. The summed E-state index contributed by atoms with van der Waals surface area (Å²) < 4.78 is 0. The summed E-state index contributed by atoms with van der Waals surface area (Å²) in [6.07, 6.45) is 0.717. The smallest absolute Gasteiger partial charge is 0.322 e. The van der Waals surface area contributed by atoms with Crippen LogP contribution >= 0.6 is 0 Å². The van der Waals surface area contributed by atoms with E-state index in [9.17, 15) is 19.2 Å². The quantitative estimate of drug-likeness (QED) is 0.633. The Kier molecular flexibility index (Phi) is 6.72. The Balaban J connectivity index is 1.46. The van der Waals surface area contributed by atoms with Crippen LogP contribution in [0.1, 0.15) is 25.3 Å². The van der Waals surface area contributed by atoms with Crippen LogP contribution in [0.3, 0.4) is 0 Å². The predicted molar refractivity (Wildman–Crippen MR) is 123 cm³/mol. The van der Waals surface area contributed by atoms with Crippen molar-refractivity contribution in [3.05, 3.63) is 60.2 Å². The van der Waals surface area contributed by atoms with E-state index in [-0.39, 0.29) is 24.7 Å². The molecule has 4 rings (SSSR count). The van der Waals surface area contributed by atoms with Crippen molar-refractivity contribution in [1.29, 1.82) is 0 Å². The minimum atomic E-state index is -0.710. The van der Waals surface area contributed by atoms with Crippen LogP contribution in [0.25, 0.3) is 11.1 Å². The lowest BCUT2D eigenvalue weighted by Crippen LogP contribution is -2.59. The molecule has 2 aliphatic heterocycles. The van der Waals surface area contributed by atoms with Gasteiger partial charge in [0.1, 0.15) is 12.1 Å². The molecule has 2 aromatic rings. The Morgan fingerprint density at radius 2 is 1.67 bits per heavy atom. The molecule has 2 N–H and O–H groups in total. The summed E-state index contributed by atoms with van der Waals surface area (Å²) in [5, 5.41) is 4.68. The zero-order valence-electron chi connectivity index (χ0n) is 18.6. The minimum absolute atomic E-state index is 0.0591. The highest BCUT2D eigenvalue weighted by molar-refractivity contribution is 6.04. The van der Waals surface area contributed by atoms with E-state index < -0.39 is 24.0 Å². The summed E-state index contributed by atoms with van der Waals surface area (Å²) >= 11 is 0. The zero-order chi connectivity index (χ0) is 23.4. The normalized spacial score (nSPS) is 20.6. The molecule has 0 bridgehead atoms. The van der Waals surface area contributed by atoms with Crippen molar-refractivity contribution in [3.8, 4) is 11.1 Å². The Labute approximate surface area is 192 Å². The predicted octanol–water partition coefficient (Wildman–Crippen LogP) is 1.94. The SMILES string of the molecule is CCN1CCN(C(=O)CC[C@H]2NC(=O)NC2=O)[C@H](Cc2ccc(-c3ccccc3)cc2)C1=O. The van der Waals surface area contributed by atoms with Crippen LogP contribution in [0.5, 0.6) is 0 Å². The molecule has 8 nitrogen and oxygen atoms in total. The van der Waals surface area contributed by atoms with Gasteiger partial charge in [-0.15, -0.1) is 0 Å². The Hall–Kier alpha value is -3.68. The average Bonchev–Trinajstić information content (AvgIpc) is 3.16. The Bertz CT molecular complexity index is 1040. The molecule has 2 atom stereocenters. The molecule has 0 spiro atoms. The molecule has 2 aromatic carbocycles. The lowest BCUT2D eigenvalue weighted by Gasteiger charge is -2.40. The second-order valence-electron chi connectivity index (χ2n) is 8.34. The molecule has 0 saturated carbocycles. The van der Waals surface area contributed by atoms with Gasteiger partial charge >= 0.3 is 6.03 Å². The van der Waals surface area contributed by atoms with E-state index in [1.807, 2.05) is 61.5 Å². The maximum absolute atomic E-state index is 13.1. The molecule has 8 heteroatoms. The molecule has 0 radical (unpaired) electrons. The van der Waals surface area contributed by atoms with Gasteiger partial charge in [-0.3, -0.25) is 19.7 Å². The van der Waals surface area contributed by atoms with Gasteiger partial charge in [-0.25, -0.2) is 4.79 Å². The number of nitrogens with zero attached hydrogens (tertiary/aromatic N) is 2. The van der Waals surface area contributed by atoms with E-state index in [0.29, 0.717) is 26.1 Å². The third kappa shape index (κ3) is 5.05. The number of benzene rings is 2. The van der Waals surface area contributed by atoms with Crippen molar-refractivity contribution in [2.24, 2.45) is 0 Å². The van der Waals surface area contributed by atoms with E-state index in [1.165, 1.54) is 0 Å². The van der Waals surface area contributed by atoms with Gasteiger partial charge in [0.05, 0.1) is 0 Å². The third-order valence-corrected chi connectivity index (χ3v) is 6.28. The van der Waals surface area contributed by atoms with Crippen molar-refractivity contribution in [1.82, 2.24) is 20.4 Å². The van der Waals surface area contributed by atoms with Gasteiger partial charge in [-0.05, 0) is 30.0 Å². The van der Waals surface area contributed by atoms with Gasteiger partial charge in [0.25, 0.3) is 5.91 Å². The first-order chi connectivity index (χ1) is 16.0. The molecule has 172 valence electrons. The van der Waals surface area contributed by atoms with E-state index in [4.69, 9.17) is 0 Å². The second kappa shape index (κ2) is 9.85. The summed E-state index contributed by atoms with van der Waals surface area (Å²) in [4.78, 5) is 52.6. The molecule has 5 amide bonds. The van der Waals surface area contributed by atoms with Crippen molar-refractivity contribution in [2.45, 2.75) is 38.3 Å². The topological polar surface area (TPSA) is 98.8 Å². The lowest BCUT2D eigenvalue weighted by molar-refractivity contribution is -0.151. The van der Waals surface area contributed by atoms with E-state index in [0.717, 1.165) is 16.7 Å². The highest BCUT2D eigenvalue weighted by Crippen LogP contribution is 2.22. The minimum Gasteiger partial charge on any atom is -0.339 e. The maximum Gasteiger partial charge on any atom is 0.322 e. The molecule has 2 saturated heterocycles. The van der Waals surface area contributed by atoms with Gasteiger partial charge in [-0.2, -0.15) is 0 Å². The second-order valence-corrected chi connectivity index (χ2v) is 8.34. The summed E-state index contributed by atoms with van der Waals surface area (Å²) in [6.45, 7) is 3.47. The number of amides is 5. The van der Waals surface area contributed by atoms with E-state index in [2.05, 4.69) is 10.6 Å². The number of likely N-dealkylation sites (N-methyl/N-ethyl adjacent to an activating group) is 1. The number of hydrogen-bond donors (Lipinski definition) is 2. The molecular weight excluding hydrogens is 420 g/mol. The molecule has 33 heavy (non-hydrogen) atoms.